The minimum Gasteiger partial charge on any atom is -0.361 e. The van der Waals surface area contributed by atoms with Crippen LogP contribution in [0.4, 0.5) is 5.69 Å². The standard InChI is InChI=1S/C18H18N4O/c1-22-7-5-15-13(11-22)9-19-10-16(15)18(23)21-14-2-3-17-12(8-14)4-6-20-17/h2-4,6,8-10,20H,5,7,11H2,1H3,(H,21,23). The first-order valence-corrected chi connectivity index (χ1v) is 7.73. The first-order chi connectivity index (χ1) is 11.2. The average molecular weight is 306 g/mol. The number of nitrogens with zero attached hydrogens (tertiary/aromatic N) is 2. The molecule has 23 heavy (non-hydrogen) atoms. The number of aromatic nitrogens is 2. The van der Waals surface area contributed by atoms with Crippen LogP contribution < -0.4 is 5.32 Å². The van der Waals surface area contributed by atoms with Crippen molar-refractivity contribution >= 4 is 22.5 Å². The van der Waals surface area contributed by atoms with Gasteiger partial charge in [0.05, 0.1) is 5.56 Å². The molecule has 0 fully saturated rings. The van der Waals surface area contributed by atoms with Crippen molar-refractivity contribution in [2.24, 2.45) is 0 Å². The predicted molar refractivity (Wildman–Crippen MR) is 90.5 cm³/mol. The Kier molecular flexibility index (Phi) is 3.35. The Morgan fingerprint density at radius 1 is 1.30 bits per heavy atom. The summed E-state index contributed by atoms with van der Waals surface area (Å²) < 4.78 is 0. The normalized spacial score (nSPS) is 14.7. The molecule has 0 saturated heterocycles. The quantitative estimate of drug-likeness (QED) is 0.765. The number of H-pyrrole nitrogens is 1. The second-order valence-corrected chi connectivity index (χ2v) is 6.05. The number of amides is 1. The van der Waals surface area contributed by atoms with Crippen LogP contribution in [0.25, 0.3) is 10.9 Å². The van der Waals surface area contributed by atoms with Crippen molar-refractivity contribution < 1.29 is 4.79 Å². The summed E-state index contributed by atoms with van der Waals surface area (Å²) >= 11 is 0. The minimum atomic E-state index is -0.0891. The Bertz CT molecular complexity index is 884. The molecule has 0 saturated carbocycles. The molecule has 1 aliphatic rings. The van der Waals surface area contributed by atoms with E-state index in [0.29, 0.717) is 5.56 Å². The number of fused-ring (bicyclic) bond motifs is 2. The van der Waals surface area contributed by atoms with E-state index < -0.39 is 0 Å². The van der Waals surface area contributed by atoms with E-state index in [-0.39, 0.29) is 5.91 Å². The summed E-state index contributed by atoms with van der Waals surface area (Å²) in [6, 6.07) is 7.85. The lowest BCUT2D eigenvalue weighted by atomic mass is 9.97. The maximum Gasteiger partial charge on any atom is 0.257 e. The van der Waals surface area contributed by atoms with Crippen molar-refractivity contribution in [2.75, 3.05) is 18.9 Å². The van der Waals surface area contributed by atoms with Gasteiger partial charge in [0.25, 0.3) is 5.91 Å². The second kappa shape index (κ2) is 5.52. The van der Waals surface area contributed by atoms with Crippen molar-refractivity contribution in [2.45, 2.75) is 13.0 Å². The van der Waals surface area contributed by atoms with E-state index in [2.05, 4.69) is 27.2 Å². The number of benzene rings is 1. The van der Waals surface area contributed by atoms with Crippen LogP contribution in [-0.2, 0) is 13.0 Å². The topological polar surface area (TPSA) is 61.0 Å². The van der Waals surface area contributed by atoms with Gasteiger partial charge < -0.3 is 15.2 Å². The molecule has 1 amide bonds. The van der Waals surface area contributed by atoms with E-state index in [1.807, 2.05) is 36.7 Å². The van der Waals surface area contributed by atoms with Crippen molar-refractivity contribution in [1.82, 2.24) is 14.9 Å². The zero-order valence-corrected chi connectivity index (χ0v) is 13.0. The Balaban J connectivity index is 1.63. The fourth-order valence-electron chi connectivity index (χ4n) is 3.16. The highest BCUT2D eigenvalue weighted by atomic mass is 16.1. The molecule has 3 heterocycles. The van der Waals surface area contributed by atoms with Gasteiger partial charge in [0, 0.05) is 48.3 Å². The fraction of sp³-hybridized carbons (Fsp3) is 0.222. The van der Waals surface area contributed by atoms with Crippen LogP contribution in [0.2, 0.25) is 0 Å². The van der Waals surface area contributed by atoms with E-state index in [4.69, 9.17) is 0 Å². The number of pyridine rings is 1. The summed E-state index contributed by atoms with van der Waals surface area (Å²) in [5.74, 6) is -0.0891. The van der Waals surface area contributed by atoms with E-state index in [1.165, 1.54) is 0 Å². The monoisotopic (exact) mass is 306 g/mol. The summed E-state index contributed by atoms with van der Waals surface area (Å²) in [4.78, 5) is 22.3. The highest BCUT2D eigenvalue weighted by molar-refractivity contribution is 6.06. The first-order valence-electron chi connectivity index (χ1n) is 7.73. The summed E-state index contributed by atoms with van der Waals surface area (Å²) in [6.07, 6.45) is 6.32. The minimum absolute atomic E-state index is 0.0891. The van der Waals surface area contributed by atoms with Crippen molar-refractivity contribution in [3.8, 4) is 0 Å². The lowest BCUT2D eigenvalue weighted by Crippen LogP contribution is -2.29. The molecule has 0 atom stereocenters. The van der Waals surface area contributed by atoms with Gasteiger partial charge in [-0.3, -0.25) is 9.78 Å². The van der Waals surface area contributed by atoms with E-state index >= 15 is 0 Å². The maximum absolute atomic E-state index is 12.7. The van der Waals surface area contributed by atoms with Crippen LogP contribution >= 0.6 is 0 Å². The van der Waals surface area contributed by atoms with Crippen molar-refractivity contribution in [3.63, 3.8) is 0 Å². The number of nitrogens with one attached hydrogen (secondary N) is 2. The summed E-state index contributed by atoms with van der Waals surface area (Å²) in [5.41, 5.74) is 4.81. The van der Waals surface area contributed by atoms with Crippen LogP contribution in [-0.4, -0.2) is 34.4 Å². The molecule has 3 aromatic rings. The molecule has 1 aromatic carbocycles. The predicted octanol–water partition coefficient (Wildman–Crippen LogP) is 2.80. The molecule has 5 heteroatoms. The molecular formula is C18H18N4O. The zero-order chi connectivity index (χ0) is 15.8. The van der Waals surface area contributed by atoms with Crippen LogP contribution in [0.3, 0.4) is 0 Å². The molecule has 116 valence electrons. The van der Waals surface area contributed by atoms with Crippen molar-refractivity contribution in [3.05, 3.63) is 59.5 Å². The second-order valence-electron chi connectivity index (χ2n) is 6.05. The molecule has 5 nitrogen and oxygen atoms in total. The Morgan fingerprint density at radius 3 is 3.13 bits per heavy atom. The molecule has 0 unspecified atom stereocenters. The number of rotatable bonds is 2. The molecule has 4 rings (SSSR count). The maximum atomic E-state index is 12.7. The Morgan fingerprint density at radius 2 is 2.22 bits per heavy atom. The summed E-state index contributed by atoms with van der Waals surface area (Å²) in [6.45, 7) is 1.81. The van der Waals surface area contributed by atoms with Gasteiger partial charge in [-0.2, -0.15) is 0 Å². The average Bonchev–Trinajstić information content (AvgIpc) is 3.01. The summed E-state index contributed by atoms with van der Waals surface area (Å²) in [5, 5.41) is 4.08. The third-order valence-electron chi connectivity index (χ3n) is 4.39. The molecule has 1 aliphatic heterocycles. The third kappa shape index (κ3) is 2.59. The zero-order valence-electron chi connectivity index (χ0n) is 13.0. The van der Waals surface area contributed by atoms with Crippen LogP contribution in [0.1, 0.15) is 21.5 Å². The molecule has 0 aliphatic carbocycles. The first kappa shape index (κ1) is 14.0. The molecule has 2 aromatic heterocycles. The van der Waals surface area contributed by atoms with Crippen LogP contribution in [0.15, 0.2) is 42.9 Å². The van der Waals surface area contributed by atoms with Crippen molar-refractivity contribution in [1.29, 1.82) is 0 Å². The lowest BCUT2D eigenvalue weighted by Gasteiger charge is -2.26. The number of hydrogen-bond donors (Lipinski definition) is 2. The number of carbonyl (C=O) groups excluding carboxylic acids is 1. The largest absolute Gasteiger partial charge is 0.361 e. The number of aromatic amines is 1. The third-order valence-corrected chi connectivity index (χ3v) is 4.39. The SMILES string of the molecule is CN1CCc2c(cncc2C(=O)Nc2ccc3[nH]ccc3c2)C1. The lowest BCUT2D eigenvalue weighted by molar-refractivity contribution is 0.102. The van der Waals surface area contributed by atoms with Gasteiger partial charge in [-0.25, -0.2) is 0 Å². The van der Waals surface area contributed by atoms with Gasteiger partial charge in [-0.1, -0.05) is 0 Å². The van der Waals surface area contributed by atoms with Gasteiger partial charge in [0.2, 0.25) is 0 Å². The summed E-state index contributed by atoms with van der Waals surface area (Å²) in [7, 11) is 2.09. The van der Waals surface area contributed by atoms with Crippen LogP contribution in [0, 0.1) is 0 Å². The molecule has 0 radical (unpaired) electrons. The van der Waals surface area contributed by atoms with Gasteiger partial charge in [-0.05, 0) is 48.9 Å². The molecule has 0 bridgehead atoms. The van der Waals surface area contributed by atoms with Gasteiger partial charge in [-0.15, -0.1) is 0 Å². The van der Waals surface area contributed by atoms with Gasteiger partial charge >= 0.3 is 0 Å². The Hall–Kier alpha value is -2.66. The smallest absolute Gasteiger partial charge is 0.257 e. The van der Waals surface area contributed by atoms with E-state index in [9.17, 15) is 4.79 Å². The highest BCUT2D eigenvalue weighted by Crippen LogP contribution is 2.23. The van der Waals surface area contributed by atoms with Gasteiger partial charge in [0.15, 0.2) is 0 Å². The number of likely N-dealkylation sites (N-methyl/N-ethyl adjacent to an activating group) is 1. The van der Waals surface area contributed by atoms with E-state index in [1.54, 1.807) is 6.20 Å². The Labute approximate surface area is 134 Å². The number of carbonyl (C=O) groups is 1. The fourth-order valence-corrected chi connectivity index (χ4v) is 3.16. The van der Waals surface area contributed by atoms with E-state index in [0.717, 1.165) is 47.2 Å². The van der Waals surface area contributed by atoms with Gasteiger partial charge in [0.1, 0.15) is 0 Å². The molecule has 0 spiro atoms. The number of hydrogen-bond acceptors (Lipinski definition) is 3. The molecular weight excluding hydrogens is 288 g/mol. The molecule has 2 N–H and O–H groups in total. The highest BCUT2D eigenvalue weighted by Gasteiger charge is 2.20. The van der Waals surface area contributed by atoms with Crippen LogP contribution in [0.5, 0.6) is 0 Å². The number of anilines is 1.